The molecule has 3 aromatic heterocycles. The number of carbonyl (C=O) groups excluding carboxylic acids is 1. The maximum atomic E-state index is 12.2. The number of carbonyl (C=O) groups is 1. The molecule has 3 rings (SSSR count). The molecule has 0 fully saturated rings. The minimum atomic E-state index is -4.47. The van der Waals surface area contributed by atoms with Gasteiger partial charge in [-0.15, -0.1) is 0 Å². The first-order chi connectivity index (χ1) is 12.3. The van der Waals surface area contributed by atoms with Crippen LogP contribution in [0.2, 0.25) is 0 Å². The molecule has 26 heavy (non-hydrogen) atoms. The molecule has 0 aromatic carbocycles. The SMILES string of the molecule is C[C@@H](Nc1ncnc(-c2c[nH]c3ncccc23)n1)C(=O)NCC(F)(F)F. The average Bonchev–Trinajstić information content (AvgIpc) is 3.03. The Balaban J connectivity index is 1.74. The number of anilines is 1. The summed E-state index contributed by atoms with van der Waals surface area (Å²) in [4.78, 5) is 31.1. The summed E-state index contributed by atoms with van der Waals surface area (Å²) in [7, 11) is 0. The first-order valence-corrected chi connectivity index (χ1v) is 7.56. The molecule has 0 aliphatic heterocycles. The highest BCUT2D eigenvalue weighted by Crippen LogP contribution is 2.24. The van der Waals surface area contributed by atoms with Gasteiger partial charge in [-0.25, -0.2) is 15.0 Å². The van der Waals surface area contributed by atoms with Gasteiger partial charge in [-0.2, -0.15) is 18.2 Å². The molecule has 0 aliphatic rings. The van der Waals surface area contributed by atoms with Gasteiger partial charge >= 0.3 is 6.18 Å². The zero-order valence-electron chi connectivity index (χ0n) is 13.5. The highest BCUT2D eigenvalue weighted by molar-refractivity contribution is 5.91. The van der Waals surface area contributed by atoms with Crippen molar-refractivity contribution in [2.45, 2.75) is 19.1 Å². The van der Waals surface area contributed by atoms with Crippen LogP contribution in [0.5, 0.6) is 0 Å². The Bertz CT molecular complexity index is 925. The minimum absolute atomic E-state index is 0.0721. The van der Waals surface area contributed by atoms with Gasteiger partial charge in [-0.1, -0.05) is 0 Å². The summed E-state index contributed by atoms with van der Waals surface area (Å²) < 4.78 is 36.5. The number of rotatable bonds is 5. The van der Waals surface area contributed by atoms with Crippen LogP contribution in [0.1, 0.15) is 6.92 Å². The number of hydrogen-bond acceptors (Lipinski definition) is 6. The smallest absolute Gasteiger partial charge is 0.345 e. The number of aromatic nitrogens is 5. The summed E-state index contributed by atoms with van der Waals surface area (Å²) in [5, 5.41) is 5.27. The van der Waals surface area contributed by atoms with Gasteiger partial charge in [0.2, 0.25) is 11.9 Å². The zero-order chi connectivity index (χ0) is 18.7. The third-order valence-electron chi connectivity index (χ3n) is 3.47. The number of alkyl halides is 3. The zero-order valence-corrected chi connectivity index (χ0v) is 13.5. The second kappa shape index (κ2) is 6.94. The number of hydrogen-bond donors (Lipinski definition) is 3. The predicted molar refractivity (Wildman–Crippen MR) is 87.1 cm³/mol. The Morgan fingerprint density at radius 3 is 2.88 bits per heavy atom. The molecule has 0 bridgehead atoms. The van der Waals surface area contributed by atoms with Crippen LogP contribution in [-0.2, 0) is 4.79 Å². The van der Waals surface area contributed by atoms with E-state index in [0.717, 1.165) is 5.39 Å². The van der Waals surface area contributed by atoms with E-state index in [1.54, 1.807) is 23.8 Å². The lowest BCUT2D eigenvalue weighted by Crippen LogP contribution is -2.42. The molecule has 3 heterocycles. The van der Waals surface area contributed by atoms with Gasteiger partial charge in [0, 0.05) is 23.3 Å². The Labute approximate surface area is 145 Å². The van der Waals surface area contributed by atoms with Crippen LogP contribution < -0.4 is 10.6 Å². The van der Waals surface area contributed by atoms with Gasteiger partial charge in [0.1, 0.15) is 24.6 Å². The second-order valence-corrected chi connectivity index (χ2v) is 5.43. The van der Waals surface area contributed by atoms with Crippen LogP contribution in [0.25, 0.3) is 22.4 Å². The van der Waals surface area contributed by atoms with Gasteiger partial charge in [0.25, 0.3) is 0 Å². The first-order valence-electron chi connectivity index (χ1n) is 7.56. The molecule has 0 spiro atoms. The van der Waals surface area contributed by atoms with Crippen LogP contribution in [0, 0.1) is 0 Å². The Kier molecular flexibility index (Phi) is 4.69. The van der Waals surface area contributed by atoms with Crippen molar-refractivity contribution in [3.05, 3.63) is 30.9 Å². The Morgan fingerprint density at radius 1 is 1.31 bits per heavy atom. The molecular weight excluding hydrogens is 351 g/mol. The van der Waals surface area contributed by atoms with Crippen molar-refractivity contribution >= 4 is 22.9 Å². The summed E-state index contributed by atoms with van der Waals surface area (Å²) in [5.41, 5.74) is 1.35. The van der Waals surface area contributed by atoms with Crippen molar-refractivity contribution in [1.29, 1.82) is 0 Å². The number of amides is 1. The van der Waals surface area contributed by atoms with Crippen LogP contribution >= 0.6 is 0 Å². The van der Waals surface area contributed by atoms with Crippen LogP contribution in [0.3, 0.4) is 0 Å². The second-order valence-electron chi connectivity index (χ2n) is 5.43. The molecule has 1 atom stereocenters. The molecule has 3 N–H and O–H groups in total. The number of H-pyrrole nitrogens is 1. The number of aromatic amines is 1. The monoisotopic (exact) mass is 365 g/mol. The van der Waals surface area contributed by atoms with E-state index in [2.05, 4.69) is 30.2 Å². The van der Waals surface area contributed by atoms with E-state index in [0.29, 0.717) is 17.0 Å². The molecule has 136 valence electrons. The van der Waals surface area contributed by atoms with E-state index in [1.807, 2.05) is 6.07 Å². The Hall–Kier alpha value is -3.24. The molecule has 0 aliphatic carbocycles. The predicted octanol–water partition coefficient (Wildman–Crippen LogP) is 1.89. The topological polar surface area (TPSA) is 108 Å². The van der Waals surface area contributed by atoms with Gasteiger partial charge in [0.05, 0.1) is 0 Å². The maximum Gasteiger partial charge on any atom is 0.405 e. The molecule has 11 heteroatoms. The normalized spacial score (nSPS) is 12.8. The largest absolute Gasteiger partial charge is 0.405 e. The highest BCUT2D eigenvalue weighted by Gasteiger charge is 2.28. The van der Waals surface area contributed by atoms with Crippen LogP contribution in [-0.4, -0.2) is 49.6 Å². The summed E-state index contributed by atoms with van der Waals surface area (Å²) in [6.45, 7) is 0.00737. The summed E-state index contributed by atoms with van der Waals surface area (Å²) >= 11 is 0. The standard InChI is InChI=1S/C15H14F3N7O/c1-8(13(26)21-6-15(16,17)18)24-14-23-7-22-12(25-14)10-5-20-11-9(10)3-2-4-19-11/h2-5,7-8H,6H2,1H3,(H,19,20)(H,21,26)(H,22,23,24,25)/t8-/m1/s1. The van der Waals surface area contributed by atoms with Crippen molar-refractivity contribution in [2.24, 2.45) is 0 Å². The third-order valence-corrected chi connectivity index (χ3v) is 3.47. The molecule has 3 aromatic rings. The number of pyridine rings is 1. The molecule has 0 saturated heterocycles. The van der Waals surface area contributed by atoms with Crippen molar-refractivity contribution < 1.29 is 18.0 Å². The van der Waals surface area contributed by atoms with E-state index >= 15 is 0 Å². The van der Waals surface area contributed by atoms with E-state index in [-0.39, 0.29) is 5.95 Å². The number of nitrogens with one attached hydrogen (secondary N) is 3. The average molecular weight is 365 g/mol. The quantitative estimate of drug-likeness (QED) is 0.637. The van der Waals surface area contributed by atoms with Crippen LogP contribution in [0.15, 0.2) is 30.9 Å². The van der Waals surface area contributed by atoms with E-state index < -0.39 is 24.7 Å². The van der Waals surface area contributed by atoms with Gasteiger partial charge < -0.3 is 15.6 Å². The third kappa shape index (κ3) is 4.05. The molecular formula is C15H14F3N7O. The Morgan fingerprint density at radius 2 is 2.12 bits per heavy atom. The summed E-state index contributed by atoms with van der Waals surface area (Å²) in [5.74, 6) is -0.409. The fourth-order valence-corrected chi connectivity index (χ4v) is 2.24. The maximum absolute atomic E-state index is 12.2. The first kappa shape index (κ1) is 17.6. The van der Waals surface area contributed by atoms with Gasteiger partial charge in [-0.05, 0) is 19.1 Å². The molecule has 0 unspecified atom stereocenters. The molecule has 0 radical (unpaired) electrons. The molecule has 1 amide bonds. The van der Waals surface area contributed by atoms with Gasteiger partial charge in [-0.3, -0.25) is 4.79 Å². The van der Waals surface area contributed by atoms with Crippen molar-refractivity contribution in [3.63, 3.8) is 0 Å². The molecule has 8 nitrogen and oxygen atoms in total. The van der Waals surface area contributed by atoms with E-state index in [9.17, 15) is 18.0 Å². The number of halogens is 3. The van der Waals surface area contributed by atoms with Crippen molar-refractivity contribution in [1.82, 2.24) is 30.2 Å². The lowest BCUT2D eigenvalue weighted by atomic mass is 10.2. The fraction of sp³-hybridized carbons (Fsp3) is 0.267. The van der Waals surface area contributed by atoms with E-state index in [1.165, 1.54) is 13.3 Å². The lowest BCUT2D eigenvalue weighted by Gasteiger charge is -2.15. The number of fused-ring (bicyclic) bond motifs is 1. The lowest BCUT2D eigenvalue weighted by molar-refractivity contribution is -0.138. The summed E-state index contributed by atoms with van der Waals surface area (Å²) in [6, 6.07) is 2.66. The fourth-order valence-electron chi connectivity index (χ4n) is 2.24. The van der Waals surface area contributed by atoms with Gasteiger partial charge in [0.15, 0.2) is 5.82 Å². The summed E-state index contributed by atoms with van der Waals surface area (Å²) in [6.07, 6.45) is 0.111. The van der Waals surface area contributed by atoms with Crippen molar-refractivity contribution in [2.75, 3.05) is 11.9 Å². The van der Waals surface area contributed by atoms with E-state index in [4.69, 9.17) is 0 Å². The molecule has 0 saturated carbocycles. The number of nitrogens with zero attached hydrogens (tertiary/aromatic N) is 4. The highest BCUT2D eigenvalue weighted by atomic mass is 19.4. The van der Waals surface area contributed by atoms with Crippen LogP contribution in [0.4, 0.5) is 19.1 Å². The van der Waals surface area contributed by atoms with Crippen molar-refractivity contribution in [3.8, 4) is 11.4 Å². The minimum Gasteiger partial charge on any atom is -0.345 e.